The summed E-state index contributed by atoms with van der Waals surface area (Å²) < 4.78 is 39.9. The van der Waals surface area contributed by atoms with Crippen LogP contribution in [0.3, 0.4) is 0 Å². The Bertz CT molecular complexity index is 1060. The second kappa shape index (κ2) is 12.9. The highest BCUT2D eigenvalue weighted by Gasteiger charge is 2.26. The Morgan fingerprint density at radius 1 is 1.09 bits per heavy atom. The summed E-state index contributed by atoms with van der Waals surface area (Å²) in [5.41, 5.74) is 1.20. The molecule has 0 aliphatic rings. The van der Waals surface area contributed by atoms with Crippen LogP contribution in [0.1, 0.15) is 38.7 Å². The van der Waals surface area contributed by atoms with Crippen molar-refractivity contribution in [3.63, 3.8) is 0 Å². The van der Waals surface area contributed by atoms with Crippen molar-refractivity contribution in [2.45, 2.75) is 45.7 Å². The number of amides is 2. The molecule has 0 bridgehead atoms. The van der Waals surface area contributed by atoms with E-state index in [-0.39, 0.29) is 37.7 Å². The fourth-order valence-corrected chi connectivity index (χ4v) is 4.61. The molecule has 0 saturated heterocycles. The van der Waals surface area contributed by atoms with Gasteiger partial charge in [-0.25, -0.2) is 12.8 Å². The number of carbonyl (C=O) groups is 2. The van der Waals surface area contributed by atoms with E-state index in [9.17, 15) is 22.4 Å². The van der Waals surface area contributed by atoms with E-state index < -0.39 is 21.9 Å². The topological polar surface area (TPSA) is 86.8 Å². The molecule has 0 aliphatic carbocycles. The summed E-state index contributed by atoms with van der Waals surface area (Å²) in [6, 6.07) is 12.0. The zero-order valence-electron chi connectivity index (χ0n) is 19.6. The average Bonchev–Trinajstić information content (AvgIpc) is 2.79. The van der Waals surface area contributed by atoms with Gasteiger partial charge in [0.25, 0.3) is 0 Å². The van der Waals surface area contributed by atoms with Gasteiger partial charge in [0.15, 0.2) is 0 Å². The molecule has 0 spiro atoms. The standard InChI is InChI=1S/C24H31BrFN3O4S/c1-4-15-27-24(31)18(2)28(17-19-7-9-20(25)10-8-19)23(30)6-5-16-29(34(3,32)33)22-13-11-21(26)12-14-22/h7-14,18H,4-6,15-17H2,1-3H3,(H,27,31)/t18-/m0/s1. The monoisotopic (exact) mass is 555 g/mol. The second-order valence-corrected chi connectivity index (χ2v) is 10.9. The Balaban J connectivity index is 2.13. The van der Waals surface area contributed by atoms with E-state index in [0.29, 0.717) is 12.2 Å². The Labute approximate surface area is 209 Å². The normalized spacial score (nSPS) is 12.1. The van der Waals surface area contributed by atoms with Crippen LogP contribution in [0.4, 0.5) is 10.1 Å². The lowest BCUT2D eigenvalue weighted by molar-refractivity contribution is -0.140. The van der Waals surface area contributed by atoms with E-state index in [1.54, 1.807) is 6.92 Å². The van der Waals surface area contributed by atoms with Gasteiger partial charge >= 0.3 is 0 Å². The van der Waals surface area contributed by atoms with Crippen LogP contribution in [0, 0.1) is 5.82 Å². The lowest BCUT2D eigenvalue weighted by Crippen LogP contribution is -2.47. The molecule has 2 amide bonds. The van der Waals surface area contributed by atoms with Crippen molar-refractivity contribution in [1.82, 2.24) is 10.2 Å². The summed E-state index contributed by atoms with van der Waals surface area (Å²) in [6.07, 6.45) is 2.14. The Morgan fingerprint density at radius 2 is 1.71 bits per heavy atom. The maximum absolute atomic E-state index is 13.3. The lowest BCUT2D eigenvalue weighted by atomic mass is 10.1. The van der Waals surface area contributed by atoms with Crippen molar-refractivity contribution in [1.29, 1.82) is 0 Å². The highest BCUT2D eigenvalue weighted by atomic mass is 79.9. The van der Waals surface area contributed by atoms with Gasteiger partial charge in [0.2, 0.25) is 21.8 Å². The molecule has 0 aliphatic heterocycles. The Kier molecular flexibility index (Phi) is 10.5. The average molecular weight is 556 g/mol. The number of hydrogen-bond acceptors (Lipinski definition) is 4. The molecule has 0 heterocycles. The van der Waals surface area contributed by atoms with E-state index in [4.69, 9.17) is 0 Å². The summed E-state index contributed by atoms with van der Waals surface area (Å²) in [5, 5.41) is 2.82. The van der Waals surface area contributed by atoms with Crippen LogP contribution in [0.15, 0.2) is 53.0 Å². The van der Waals surface area contributed by atoms with Crippen molar-refractivity contribution >= 4 is 43.5 Å². The van der Waals surface area contributed by atoms with Crippen LogP contribution in [-0.4, -0.2) is 50.5 Å². The van der Waals surface area contributed by atoms with Gasteiger partial charge in [-0.1, -0.05) is 35.0 Å². The summed E-state index contributed by atoms with van der Waals surface area (Å²) in [4.78, 5) is 27.3. The molecule has 0 unspecified atom stereocenters. The molecular formula is C24H31BrFN3O4S. The highest BCUT2D eigenvalue weighted by molar-refractivity contribution is 9.10. The molecule has 2 aromatic rings. The van der Waals surface area contributed by atoms with Crippen LogP contribution in [0.25, 0.3) is 0 Å². The first kappa shape index (κ1) is 27.8. The Morgan fingerprint density at radius 3 is 2.26 bits per heavy atom. The molecule has 0 saturated carbocycles. The van der Waals surface area contributed by atoms with Crippen LogP contribution >= 0.6 is 15.9 Å². The summed E-state index contributed by atoms with van der Waals surface area (Å²) >= 11 is 3.39. The number of carbonyl (C=O) groups excluding carboxylic acids is 2. The summed E-state index contributed by atoms with van der Waals surface area (Å²) in [6.45, 7) is 4.46. The maximum Gasteiger partial charge on any atom is 0.242 e. The van der Waals surface area contributed by atoms with Crippen molar-refractivity contribution in [3.8, 4) is 0 Å². The van der Waals surface area contributed by atoms with E-state index in [0.717, 1.165) is 27.0 Å². The third-order valence-electron chi connectivity index (χ3n) is 5.25. The fourth-order valence-electron chi connectivity index (χ4n) is 3.38. The largest absolute Gasteiger partial charge is 0.354 e. The van der Waals surface area contributed by atoms with Crippen molar-refractivity contribution in [2.24, 2.45) is 0 Å². The third kappa shape index (κ3) is 8.39. The molecule has 2 rings (SSSR count). The molecule has 0 radical (unpaired) electrons. The minimum absolute atomic E-state index is 0.0507. The van der Waals surface area contributed by atoms with Crippen LogP contribution in [-0.2, 0) is 26.2 Å². The summed E-state index contributed by atoms with van der Waals surface area (Å²) in [7, 11) is -3.62. The van der Waals surface area contributed by atoms with Crippen molar-refractivity contribution in [3.05, 3.63) is 64.4 Å². The minimum atomic E-state index is -3.62. The van der Waals surface area contributed by atoms with E-state index >= 15 is 0 Å². The number of rotatable bonds is 12. The van der Waals surface area contributed by atoms with Gasteiger partial charge in [0.05, 0.1) is 11.9 Å². The van der Waals surface area contributed by atoms with Gasteiger partial charge in [-0.05, 0) is 61.7 Å². The zero-order valence-corrected chi connectivity index (χ0v) is 22.0. The molecule has 1 N–H and O–H groups in total. The van der Waals surface area contributed by atoms with Crippen LogP contribution in [0.5, 0.6) is 0 Å². The number of sulfonamides is 1. The maximum atomic E-state index is 13.3. The molecule has 2 aromatic carbocycles. The first-order chi connectivity index (χ1) is 16.0. The minimum Gasteiger partial charge on any atom is -0.354 e. The number of nitrogens with zero attached hydrogens (tertiary/aromatic N) is 2. The number of benzene rings is 2. The molecule has 0 fully saturated rings. The zero-order chi connectivity index (χ0) is 25.3. The number of anilines is 1. The van der Waals surface area contributed by atoms with E-state index in [1.165, 1.54) is 29.2 Å². The van der Waals surface area contributed by atoms with Gasteiger partial charge in [-0.3, -0.25) is 13.9 Å². The van der Waals surface area contributed by atoms with Gasteiger partial charge in [-0.2, -0.15) is 0 Å². The second-order valence-electron chi connectivity index (χ2n) is 8.03. The SMILES string of the molecule is CCCNC(=O)[C@H](C)N(Cc1ccc(Br)cc1)C(=O)CCCN(c1ccc(F)cc1)S(C)(=O)=O. The molecule has 186 valence electrons. The van der Waals surface area contributed by atoms with Gasteiger partial charge in [0.1, 0.15) is 11.9 Å². The molecule has 1 atom stereocenters. The Hall–Kier alpha value is -2.46. The molecule has 0 aromatic heterocycles. The van der Waals surface area contributed by atoms with E-state index in [2.05, 4.69) is 21.2 Å². The highest BCUT2D eigenvalue weighted by Crippen LogP contribution is 2.20. The molecule has 7 nitrogen and oxygen atoms in total. The molecule has 34 heavy (non-hydrogen) atoms. The van der Waals surface area contributed by atoms with E-state index in [1.807, 2.05) is 31.2 Å². The number of hydrogen-bond donors (Lipinski definition) is 1. The van der Waals surface area contributed by atoms with Crippen LogP contribution in [0.2, 0.25) is 0 Å². The predicted molar refractivity (Wildman–Crippen MR) is 135 cm³/mol. The first-order valence-corrected chi connectivity index (χ1v) is 13.7. The lowest BCUT2D eigenvalue weighted by Gasteiger charge is -2.29. The number of halogens is 2. The molecule has 10 heteroatoms. The number of nitrogens with one attached hydrogen (secondary N) is 1. The van der Waals surface area contributed by atoms with Gasteiger partial charge in [-0.15, -0.1) is 0 Å². The van der Waals surface area contributed by atoms with Gasteiger partial charge < -0.3 is 10.2 Å². The van der Waals surface area contributed by atoms with Gasteiger partial charge in [0, 0.05) is 30.5 Å². The van der Waals surface area contributed by atoms with Crippen molar-refractivity contribution in [2.75, 3.05) is 23.7 Å². The summed E-state index contributed by atoms with van der Waals surface area (Å²) in [5.74, 6) is -0.961. The first-order valence-electron chi connectivity index (χ1n) is 11.1. The van der Waals surface area contributed by atoms with Crippen LogP contribution < -0.4 is 9.62 Å². The fraction of sp³-hybridized carbons (Fsp3) is 0.417. The van der Waals surface area contributed by atoms with Crippen molar-refractivity contribution < 1.29 is 22.4 Å². The third-order valence-corrected chi connectivity index (χ3v) is 6.97. The quantitative estimate of drug-likeness (QED) is 0.427. The molecular weight excluding hydrogens is 525 g/mol. The smallest absolute Gasteiger partial charge is 0.242 e. The predicted octanol–water partition coefficient (Wildman–Crippen LogP) is 4.08.